The van der Waals surface area contributed by atoms with E-state index < -0.39 is 0 Å². The van der Waals surface area contributed by atoms with Gasteiger partial charge in [0.25, 0.3) is 5.91 Å². The van der Waals surface area contributed by atoms with Crippen LogP contribution in [0.3, 0.4) is 0 Å². The molecular formula is C18H20INO2. The minimum absolute atomic E-state index is 0.113. The van der Waals surface area contributed by atoms with Crippen molar-refractivity contribution < 1.29 is 9.53 Å². The molecule has 0 bridgehead atoms. The Morgan fingerprint density at radius 1 is 1.18 bits per heavy atom. The zero-order valence-electron chi connectivity index (χ0n) is 12.8. The van der Waals surface area contributed by atoms with Crippen LogP contribution in [0, 0.1) is 9.49 Å². The number of carbonyl (C=O) groups is 1. The molecule has 0 saturated carbocycles. The number of hydrogen-bond donors (Lipinski definition) is 1. The van der Waals surface area contributed by atoms with Crippen LogP contribution >= 0.6 is 22.6 Å². The van der Waals surface area contributed by atoms with Crippen LogP contribution in [0.15, 0.2) is 48.5 Å². The summed E-state index contributed by atoms with van der Waals surface area (Å²) >= 11 is 2.20. The molecule has 2 aromatic carbocycles. The van der Waals surface area contributed by atoms with Crippen molar-refractivity contribution in [3.8, 4) is 5.75 Å². The van der Waals surface area contributed by atoms with Gasteiger partial charge in [0.1, 0.15) is 5.75 Å². The smallest absolute Gasteiger partial charge is 0.255 e. The van der Waals surface area contributed by atoms with E-state index in [0.29, 0.717) is 18.1 Å². The van der Waals surface area contributed by atoms with E-state index in [4.69, 9.17) is 4.74 Å². The predicted molar refractivity (Wildman–Crippen MR) is 98.5 cm³/mol. The third kappa shape index (κ3) is 5.33. The van der Waals surface area contributed by atoms with Crippen molar-refractivity contribution in [3.63, 3.8) is 0 Å². The van der Waals surface area contributed by atoms with Crippen LogP contribution in [0.25, 0.3) is 0 Å². The van der Waals surface area contributed by atoms with Gasteiger partial charge in [-0.1, -0.05) is 26.0 Å². The lowest BCUT2D eigenvalue weighted by Gasteiger charge is -2.10. The number of rotatable bonds is 6. The van der Waals surface area contributed by atoms with E-state index in [9.17, 15) is 4.79 Å². The first-order chi connectivity index (χ1) is 10.5. The van der Waals surface area contributed by atoms with Crippen LogP contribution in [-0.4, -0.2) is 12.5 Å². The largest absolute Gasteiger partial charge is 0.494 e. The molecular weight excluding hydrogens is 389 g/mol. The molecule has 0 heterocycles. The minimum Gasteiger partial charge on any atom is -0.494 e. The van der Waals surface area contributed by atoms with Crippen molar-refractivity contribution in [2.75, 3.05) is 11.9 Å². The number of halogens is 1. The molecule has 22 heavy (non-hydrogen) atoms. The fourth-order valence-electron chi connectivity index (χ4n) is 1.91. The summed E-state index contributed by atoms with van der Waals surface area (Å²) in [6.45, 7) is 5.02. The van der Waals surface area contributed by atoms with E-state index in [1.54, 1.807) is 6.07 Å². The Kier molecular flexibility index (Phi) is 6.24. The first kappa shape index (κ1) is 16.8. The summed E-state index contributed by atoms with van der Waals surface area (Å²) in [6.07, 6.45) is 1.01. The molecule has 116 valence electrons. The summed E-state index contributed by atoms with van der Waals surface area (Å²) in [5.74, 6) is 1.28. The van der Waals surface area contributed by atoms with Gasteiger partial charge in [-0.3, -0.25) is 4.79 Å². The maximum absolute atomic E-state index is 12.2. The van der Waals surface area contributed by atoms with Gasteiger partial charge in [-0.15, -0.1) is 0 Å². The Bertz CT molecular complexity index is 640. The molecule has 0 fully saturated rings. The Hall–Kier alpha value is -1.56. The second-order valence-electron chi connectivity index (χ2n) is 5.52. The number of anilines is 1. The zero-order valence-corrected chi connectivity index (χ0v) is 15.0. The predicted octanol–water partition coefficient (Wildman–Crippen LogP) is 4.97. The molecule has 2 aromatic rings. The molecule has 0 unspecified atom stereocenters. The zero-order chi connectivity index (χ0) is 15.9. The van der Waals surface area contributed by atoms with Gasteiger partial charge in [0.05, 0.1) is 6.61 Å². The summed E-state index contributed by atoms with van der Waals surface area (Å²) in [5, 5.41) is 2.90. The van der Waals surface area contributed by atoms with Gasteiger partial charge in [-0.05, 0) is 65.3 Å². The fraction of sp³-hybridized carbons (Fsp3) is 0.278. The van der Waals surface area contributed by atoms with E-state index in [1.807, 2.05) is 42.5 Å². The monoisotopic (exact) mass is 409 g/mol. The number of nitrogens with one attached hydrogen (secondary N) is 1. The van der Waals surface area contributed by atoms with Gasteiger partial charge in [0.2, 0.25) is 0 Å². The highest BCUT2D eigenvalue weighted by Gasteiger charge is 2.07. The van der Waals surface area contributed by atoms with Gasteiger partial charge in [0, 0.05) is 20.9 Å². The maximum Gasteiger partial charge on any atom is 0.255 e. The van der Waals surface area contributed by atoms with E-state index in [2.05, 4.69) is 41.8 Å². The van der Waals surface area contributed by atoms with Gasteiger partial charge in [-0.25, -0.2) is 0 Å². The van der Waals surface area contributed by atoms with Gasteiger partial charge < -0.3 is 10.1 Å². The summed E-state index contributed by atoms with van der Waals surface area (Å²) in [4.78, 5) is 12.2. The van der Waals surface area contributed by atoms with Crippen molar-refractivity contribution in [1.82, 2.24) is 0 Å². The van der Waals surface area contributed by atoms with E-state index in [0.717, 1.165) is 21.4 Å². The third-order valence-corrected chi connectivity index (χ3v) is 3.81. The highest BCUT2D eigenvalue weighted by atomic mass is 127. The molecule has 0 aliphatic rings. The number of amides is 1. The number of ether oxygens (including phenoxy) is 1. The molecule has 4 heteroatoms. The average Bonchev–Trinajstić information content (AvgIpc) is 2.47. The van der Waals surface area contributed by atoms with Gasteiger partial charge >= 0.3 is 0 Å². The van der Waals surface area contributed by atoms with Crippen molar-refractivity contribution in [1.29, 1.82) is 0 Å². The van der Waals surface area contributed by atoms with Crippen LogP contribution in [-0.2, 0) is 0 Å². The van der Waals surface area contributed by atoms with Crippen LogP contribution in [0.1, 0.15) is 30.6 Å². The molecule has 0 radical (unpaired) electrons. The first-order valence-corrected chi connectivity index (χ1v) is 8.42. The molecule has 2 rings (SSSR count). The molecule has 3 nitrogen and oxygen atoms in total. The van der Waals surface area contributed by atoms with E-state index >= 15 is 0 Å². The molecule has 0 aliphatic carbocycles. The molecule has 0 atom stereocenters. The SMILES string of the molecule is CC(C)CCOc1cccc(NC(=O)c2cccc(I)c2)c1. The van der Waals surface area contributed by atoms with Gasteiger partial charge in [-0.2, -0.15) is 0 Å². The molecule has 0 aliphatic heterocycles. The molecule has 1 N–H and O–H groups in total. The minimum atomic E-state index is -0.113. The highest BCUT2D eigenvalue weighted by Crippen LogP contribution is 2.19. The molecule has 1 amide bonds. The van der Waals surface area contributed by atoms with Crippen molar-refractivity contribution in [2.24, 2.45) is 5.92 Å². The molecule has 0 spiro atoms. The fourth-order valence-corrected chi connectivity index (χ4v) is 2.45. The number of hydrogen-bond acceptors (Lipinski definition) is 2. The quantitative estimate of drug-likeness (QED) is 0.685. The lowest BCUT2D eigenvalue weighted by atomic mass is 10.1. The second kappa shape index (κ2) is 8.17. The summed E-state index contributed by atoms with van der Waals surface area (Å²) in [7, 11) is 0. The van der Waals surface area contributed by atoms with Crippen molar-refractivity contribution >= 4 is 34.2 Å². The van der Waals surface area contributed by atoms with Crippen LogP contribution in [0.5, 0.6) is 5.75 Å². The van der Waals surface area contributed by atoms with Crippen LogP contribution in [0.2, 0.25) is 0 Å². The lowest BCUT2D eigenvalue weighted by Crippen LogP contribution is -2.12. The standard InChI is InChI=1S/C18H20INO2/c1-13(2)9-10-22-17-8-4-7-16(12-17)20-18(21)14-5-3-6-15(19)11-14/h3-8,11-13H,9-10H2,1-2H3,(H,20,21). The summed E-state index contributed by atoms with van der Waals surface area (Å²) < 4.78 is 6.75. The first-order valence-electron chi connectivity index (χ1n) is 7.34. The number of carbonyl (C=O) groups excluding carboxylic acids is 1. The summed E-state index contributed by atoms with van der Waals surface area (Å²) in [5.41, 5.74) is 1.39. The van der Waals surface area contributed by atoms with E-state index in [-0.39, 0.29) is 5.91 Å². The Labute approximate surface area is 145 Å². The molecule has 0 aromatic heterocycles. The topological polar surface area (TPSA) is 38.3 Å². The Morgan fingerprint density at radius 2 is 1.95 bits per heavy atom. The Morgan fingerprint density at radius 3 is 2.68 bits per heavy atom. The van der Waals surface area contributed by atoms with E-state index in [1.165, 1.54) is 0 Å². The van der Waals surface area contributed by atoms with Crippen LogP contribution < -0.4 is 10.1 Å². The van der Waals surface area contributed by atoms with Crippen molar-refractivity contribution in [3.05, 3.63) is 57.7 Å². The lowest BCUT2D eigenvalue weighted by molar-refractivity contribution is 0.102. The van der Waals surface area contributed by atoms with Gasteiger partial charge in [0.15, 0.2) is 0 Å². The van der Waals surface area contributed by atoms with Crippen molar-refractivity contribution in [2.45, 2.75) is 20.3 Å². The normalized spacial score (nSPS) is 10.5. The van der Waals surface area contributed by atoms with Crippen LogP contribution in [0.4, 0.5) is 5.69 Å². The second-order valence-corrected chi connectivity index (χ2v) is 6.77. The summed E-state index contributed by atoms with van der Waals surface area (Å²) in [6, 6.07) is 15.0. The molecule has 0 saturated heterocycles. The average molecular weight is 409 g/mol. The highest BCUT2D eigenvalue weighted by molar-refractivity contribution is 14.1. The third-order valence-electron chi connectivity index (χ3n) is 3.14. The number of benzene rings is 2. The maximum atomic E-state index is 12.2. The Balaban J connectivity index is 1.99.